The summed E-state index contributed by atoms with van der Waals surface area (Å²) in [5.74, 6) is -1.78. The van der Waals surface area contributed by atoms with Gasteiger partial charge in [0.1, 0.15) is 11.5 Å². The predicted molar refractivity (Wildman–Crippen MR) is 92.3 cm³/mol. The molecule has 8 heteroatoms. The molecule has 1 amide bonds. The molecule has 7 nitrogen and oxygen atoms in total. The number of nitro groups is 1. The molecule has 0 saturated carbocycles. The van der Waals surface area contributed by atoms with E-state index in [1.165, 1.54) is 36.4 Å². The monoisotopic (exact) mass is 360 g/mol. The Balaban J connectivity index is 1.94. The number of hydrogen-bond donors (Lipinski definition) is 1. The second-order valence-electron chi connectivity index (χ2n) is 5.72. The van der Waals surface area contributed by atoms with Gasteiger partial charge in [0.05, 0.1) is 11.3 Å². The predicted octanol–water partition coefficient (Wildman–Crippen LogP) is 3.08. The van der Waals surface area contributed by atoms with Crippen molar-refractivity contribution < 1.29 is 23.6 Å². The average Bonchev–Trinajstić information content (AvgIpc) is 2.58. The first-order valence-electron chi connectivity index (χ1n) is 7.72. The van der Waals surface area contributed by atoms with E-state index < -0.39 is 29.2 Å². The molecule has 0 heterocycles. The van der Waals surface area contributed by atoms with E-state index >= 15 is 0 Å². The molecule has 0 aliphatic heterocycles. The van der Waals surface area contributed by atoms with E-state index in [0.29, 0.717) is 5.56 Å². The van der Waals surface area contributed by atoms with E-state index in [9.17, 15) is 24.1 Å². The number of esters is 1. The summed E-state index contributed by atoms with van der Waals surface area (Å²) in [6, 6.07) is 8.17. The van der Waals surface area contributed by atoms with Gasteiger partial charge < -0.3 is 10.1 Å². The van der Waals surface area contributed by atoms with Gasteiger partial charge in [0.25, 0.3) is 11.6 Å². The highest BCUT2D eigenvalue weighted by Gasteiger charge is 2.18. The molecule has 2 aromatic rings. The number of nitrogens with one attached hydrogen (secondary N) is 1. The number of carbonyl (C=O) groups is 2. The Hall–Kier alpha value is -3.29. The minimum atomic E-state index is -0.691. The Morgan fingerprint density at radius 2 is 1.77 bits per heavy atom. The molecule has 0 atom stereocenters. The molecule has 0 fully saturated rings. The van der Waals surface area contributed by atoms with E-state index in [2.05, 4.69) is 5.32 Å². The number of nitro benzene ring substituents is 1. The van der Waals surface area contributed by atoms with Gasteiger partial charge in [0.2, 0.25) is 0 Å². The number of ether oxygens (including phenoxy) is 1. The minimum absolute atomic E-state index is 0.0395. The van der Waals surface area contributed by atoms with Gasteiger partial charge in [-0.1, -0.05) is 12.1 Å². The van der Waals surface area contributed by atoms with Crippen molar-refractivity contribution in [2.45, 2.75) is 20.3 Å². The highest BCUT2D eigenvalue weighted by Crippen LogP contribution is 2.27. The minimum Gasteiger partial charge on any atom is -0.455 e. The maximum Gasteiger partial charge on any atom is 0.310 e. The largest absolute Gasteiger partial charge is 0.455 e. The van der Waals surface area contributed by atoms with Crippen LogP contribution in [-0.4, -0.2) is 23.4 Å². The zero-order valence-electron chi connectivity index (χ0n) is 14.2. The van der Waals surface area contributed by atoms with Crippen LogP contribution in [0, 0.1) is 29.8 Å². The number of halogens is 1. The highest BCUT2D eigenvalue weighted by atomic mass is 19.1. The van der Waals surface area contributed by atoms with E-state index in [1.807, 2.05) is 0 Å². The summed E-state index contributed by atoms with van der Waals surface area (Å²) < 4.78 is 17.7. The zero-order chi connectivity index (χ0) is 19.3. The molecule has 0 spiro atoms. The molecule has 136 valence electrons. The molecule has 0 bridgehead atoms. The fraction of sp³-hybridized carbons (Fsp3) is 0.222. The van der Waals surface area contributed by atoms with Gasteiger partial charge in [-0.25, -0.2) is 4.39 Å². The second kappa shape index (κ2) is 8.19. The first kappa shape index (κ1) is 19.0. The first-order valence-corrected chi connectivity index (χ1v) is 7.72. The number of rotatable bonds is 6. The van der Waals surface area contributed by atoms with Gasteiger partial charge in [0, 0.05) is 6.07 Å². The Bertz CT molecular complexity index is 849. The van der Waals surface area contributed by atoms with Gasteiger partial charge in [-0.15, -0.1) is 0 Å². The molecule has 2 aromatic carbocycles. The van der Waals surface area contributed by atoms with Crippen molar-refractivity contribution in [3.63, 3.8) is 0 Å². The van der Waals surface area contributed by atoms with Crippen LogP contribution >= 0.6 is 0 Å². The Labute approximate surface area is 148 Å². The van der Waals surface area contributed by atoms with Crippen molar-refractivity contribution in [2.24, 2.45) is 0 Å². The Morgan fingerprint density at radius 1 is 1.15 bits per heavy atom. The van der Waals surface area contributed by atoms with E-state index in [4.69, 9.17) is 4.74 Å². The van der Waals surface area contributed by atoms with Crippen LogP contribution in [0.5, 0.6) is 0 Å². The lowest BCUT2D eigenvalue weighted by Gasteiger charge is -2.09. The van der Waals surface area contributed by atoms with Crippen LogP contribution in [-0.2, 0) is 20.7 Å². The van der Waals surface area contributed by atoms with Crippen LogP contribution in [0.1, 0.15) is 16.7 Å². The molecule has 0 radical (unpaired) electrons. The normalized spacial score (nSPS) is 10.3. The molecule has 0 aliphatic rings. The summed E-state index contributed by atoms with van der Waals surface area (Å²) in [6.45, 7) is 2.91. The van der Waals surface area contributed by atoms with E-state index in [1.54, 1.807) is 13.8 Å². The van der Waals surface area contributed by atoms with Crippen LogP contribution < -0.4 is 5.32 Å². The van der Waals surface area contributed by atoms with Crippen LogP contribution in [0.3, 0.4) is 0 Å². The molecule has 0 unspecified atom stereocenters. The topological polar surface area (TPSA) is 98.5 Å². The lowest BCUT2D eigenvalue weighted by molar-refractivity contribution is -0.384. The number of carbonyl (C=O) groups excluding carboxylic acids is 2. The average molecular weight is 360 g/mol. The summed E-state index contributed by atoms with van der Waals surface area (Å²) in [5.41, 5.74) is 1.85. The standard InChI is InChI=1S/C18H17FN2O5/c1-11-7-15(16(21(24)25)8-12(11)2)20-17(22)10-26-18(23)9-13-3-5-14(19)6-4-13/h3-8H,9-10H2,1-2H3,(H,20,22). The Morgan fingerprint density at radius 3 is 2.38 bits per heavy atom. The molecular weight excluding hydrogens is 343 g/mol. The molecule has 2 rings (SSSR count). The summed E-state index contributed by atoms with van der Waals surface area (Å²) in [5, 5.41) is 13.5. The van der Waals surface area contributed by atoms with Gasteiger partial charge in [-0.2, -0.15) is 0 Å². The summed E-state index contributed by atoms with van der Waals surface area (Å²) in [4.78, 5) is 34.2. The van der Waals surface area contributed by atoms with Gasteiger partial charge >= 0.3 is 5.97 Å². The maximum atomic E-state index is 12.8. The van der Waals surface area contributed by atoms with Crippen molar-refractivity contribution in [3.05, 3.63) is 69.0 Å². The molecule has 0 saturated heterocycles. The number of benzene rings is 2. The van der Waals surface area contributed by atoms with Crippen LogP contribution in [0.25, 0.3) is 0 Å². The van der Waals surface area contributed by atoms with Crippen molar-refractivity contribution in [3.8, 4) is 0 Å². The number of aryl methyl sites for hydroxylation is 2. The maximum absolute atomic E-state index is 12.8. The Kier molecular flexibility index (Phi) is 6.00. The van der Waals surface area contributed by atoms with Gasteiger partial charge in [-0.3, -0.25) is 19.7 Å². The summed E-state index contributed by atoms with van der Waals surface area (Å²) in [6.07, 6.45) is -0.114. The summed E-state index contributed by atoms with van der Waals surface area (Å²) >= 11 is 0. The number of anilines is 1. The van der Waals surface area contributed by atoms with Crippen molar-refractivity contribution >= 4 is 23.3 Å². The molecule has 0 aromatic heterocycles. The van der Waals surface area contributed by atoms with Crippen LogP contribution in [0.2, 0.25) is 0 Å². The smallest absolute Gasteiger partial charge is 0.310 e. The quantitative estimate of drug-likeness (QED) is 0.485. The fourth-order valence-electron chi connectivity index (χ4n) is 2.20. The SMILES string of the molecule is Cc1cc(NC(=O)COC(=O)Cc2ccc(F)cc2)c([N+](=O)[O-])cc1C. The van der Waals surface area contributed by atoms with Gasteiger partial charge in [0.15, 0.2) is 6.61 Å². The van der Waals surface area contributed by atoms with E-state index in [-0.39, 0.29) is 17.8 Å². The third-order valence-corrected chi connectivity index (χ3v) is 3.71. The molecule has 1 N–H and O–H groups in total. The highest BCUT2D eigenvalue weighted by molar-refractivity contribution is 5.95. The van der Waals surface area contributed by atoms with Crippen molar-refractivity contribution in [2.75, 3.05) is 11.9 Å². The lowest BCUT2D eigenvalue weighted by Crippen LogP contribution is -2.22. The number of hydrogen-bond acceptors (Lipinski definition) is 5. The van der Waals surface area contributed by atoms with E-state index in [0.717, 1.165) is 11.1 Å². The first-order chi connectivity index (χ1) is 12.3. The van der Waals surface area contributed by atoms with Crippen LogP contribution in [0.4, 0.5) is 15.8 Å². The third kappa shape index (κ3) is 5.10. The molecular formula is C18H17FN2O5. The number of nitrogens with zero attached hydrogens (tertiary/aromatic N) is 1. The lowest BCUT2D eigenvalue weighted by atomic mass is 10.1. The van der Waals surface area contributed by atoms with Gasteiger partial charge in [-0.05, 0) is 48.7 Å². The number of amides is 1. The van der Waals surface area contributed by atoms with Crippen molar-refractivity contribution in [1.82, 2.24) is 0 Å². The van der Waals surface area contributed by atoms with Crippen molar-refractivity contribution in [1.29, 1.82) is 0 Å². The zero-order valence-corrected chi connectivity index (χ0v) is 14.2. The molecule has 0 aliphatic carbocycles. The third-order valence-electron chi connectivity index (χ3n) is 3.71. The summed E-state index contributed by atoms with van der Waals surface area (Å²) in [7, 11) is 0. The fourth-order valence-corrected chi connectivity index (χ4v) is 2.20. The molecule has 26 heavy (non-hydrogen) atoms. The van der Waals surface area contributed by atoms with Crippen LogP contribution in [0.15, 0.2) is 36.4 Å². The second-order valence-corrected chi connectivity index (χ2v) is 5.72.